The summed E-state index contributed by atoms with van der Waals surface area (Å²) in [6.07, 6.45) is 0.478. The summed E-state index contributed by atoms with van der Waals surface area (Å²) in [4.78, 5) is 11.5. The minimum Gasteiger partial charge on any atom is -0.355 e. The SMILES string of the molecule is Cc1ccc(C(C)(C)CNC(=O)CCS)c(C)c1. The molecule has 2 nitrogen and oxygen atoms in total. The van der Waals surface area contributed by atoms with Crippen LogP contribution in [0.5, 0.6) is 0 Å². The third-order valence-corrected chi connectivity index (χ3v) is 3.40. The van der Waals surface area contributed by atoms with Gasteiger partial charge in [-0.2, -0.15) is 12.6 Å². The van der Waals surface area contributed by atoms with Crippen LogP contribution < -0.4 is 5.32 Å². The molecule has 0 aliphatic rings. The van der Waals surface area contributed by atoms with Crippen molar-refractivity contribution in [1.29, 1.82) is 0 Å². The first-order valence-electron chi connectivity index (χ1n) is 6.32. The molecular formula is C15H23NOS. The molecule has 0 aromatic heterocycles. The minimum absolute atomic E-state index is 0.0515. The summed E-state index contributed by atoms with van der Waals surface area (Å²) in [5, 5.41) is 2.98. The van der Waals surface area contributed by atoms with Gasteiger partial charge in [0.2, 0.25) is 5.91 Å². The number of carbonyl (C=O) groups excluding carboxylic acids is 1. The molecule has 0 aliphatic carbocycles. The Morgan fingerprint density at radius 3 is 2.56 bits per heavy atom. The van der Waals surface area contributed by atoms with Crippen LogP contribution in [0.3, 0.4) is 0 Å². The third-order valence-electron chi connectivity index (χ3n) is 3.18. The van der Waals surface area contributed by atoms with Gasteiger partial charge in [0, 0.05) is 18.4 Å². The lowest BCUT2D eigenvalue weighted by molar-refractivity contribution is -0.120. The average Bonchev–Trinajstić information content (AvgIpc) is 2.26. The van der Waals surface area contributed by atoms with E-state index in [9.17, 15) is 4.79 Å². The van der Waals surface area contributed by atoms with Gasteiger partial charge in [0.1, 0.15) is 0 Å². The zero-order valence-corrected chi connectivity index (χ0v) is 12.6. The normalized spacial score (nSPS) is 11.4. The summed E-state index contributed by atoms with van der Waals surface area (Å²) in [6, 6.07) is 6.47. The number of nitrogens with one attached hydrogen (secondary N) is 1. The van der Waals surface area contributed by atoms with E-state index in [0.717, 1.165) is 0 Å². The van der Waals surface area contributed by atoms with E-state index in [0.29, 0.717) is 18.7 Å². The molecule has 0 aliphatic heterocycles. The van der Waals surface area contributed by atoms with E-state index in [2.05, 4.69) is 63.8 Å². The molecule has 100 valence electrons. The molecular weight excluding hydrogens is 242 g/mol. The van der Waals surface area contributed by atoms with Crippen molar-refractivity contribution in [2.24, 2.45) is 0 Å². The zero-order chi connectivity index (χ0) is 13.8. The molecule has 0 bridgehead atoms. The molecule has 3 heteroatoms. The van der Waals surface area contributed by atoms with Crippen molar-refractivity contribution < 1.29 is 4.79 Å². The van der Waals surface area contributed by atoms with Crippen LogP contribution in [0.4, 0.5) is 0 Å². The maximum atomic E-state index is 11.5. The quantitative estimate of drug-likeness (QED) is 0.787. The van der Waals surface area contributed by atoms with Gasteiger partial charge in [-0.05, 0) is 30.7 Å². The lowest BCUT2D eigenvalue weighted by atomic mass is 9.81. The van der Waals surface area contributed by atoms with Crippen molar-refractivity contribution in [1.82, 2.24) is 5.32 Å². The third kappa shape index (κ3) is 4.05. The monoisotopic (exact) mass is 265 g/mol. The lowest BCUT2D eigenvalue weighted by Crippen LogP contribution is -2.37. The Balaban J connectivity index is 2.76. The highest BCUT2D eigenvalue weighted by Crippen LogP contribution is 2.26. The summed E-state index contributed by atoms with van der Waals surface area (Å²) in [5.74, 6) is 0.665. The lowest BCUT2D eigenvalue weighted by Gasteiger charge is -2.27. The molecule has 0 unspecified atom stereocenters. The van der Waals surface area contributed by atoms with Gasteiger partial charge in [0.15, 0.2) is 0 Å². The Bertz CT molecular complexity index is 427. The van der Waals surface area contributed by atoms with Gasteiger partial charge < -0.3 is 5.32 Å². The number of rotatable bonds is 5. The smallest absolute Gasteiger partial charge is 0.220 e. The van der Waals surface area contributed by atoms with E-state index in [1.54, 1.807) is 0 Å². The first-order valence-corrected chi connectivity index (χ1v) is 6.95. The average molecular weight is 265 g/mol. The van der Waals surface area contributed by atoms with Crippen molar-refractivity contribution in [3.8, 4) is 0 Å². The van der Waals surface area contributed by atoms with Crippen LogP contribution in [0, 0.1) is 13.8 Å². The molecule has 1 amide bonds. The van der Waals surface area contributed by atoms with Crippen LogP contribution in [-0.4, -0.2) is 18.2 Å². The molecule has 1 aromatic carbocycles. The molecule has 1 N–H and O–H groups in total. The molecule has 18 heavy (non-hydrogen) atoms. The fourth-order valence-electron chi connectivity index (χ4n) is 2.18. The summed E-state index contributed by atoms with van der Waals surface area (Å²) < 4.78 is 0. The van der Waals surface area contributed by atoms with Crippen molar-refractivity contribution in [3.63, 3.8) is 0 Å². The Morgan fingerprint density at radius 1 is 1.33 bits per heavy atom. The topological polar surface area (TPSA) is 29.1 Å². The van der Waals surface area contributed by atoms with Crippen molar-refractivity contribution >= 4 is 18.5 Å². The van der Waals surface area contributed by atoms with E-state index < -0.39 is 0 Å². The van der Waals surface area contributed by atoms with E-state index in [1.807, 2.05) is 0 Å². The molecule has 0 saturated heterocycles. The second-order valence-corrected chi connectivity index (χ2v) is 5.90. The molecule has 0 heterocycles. The summed E-state index contributed by atoms with van der Waals surface area (Å²) in [6.45, 7) is 9.19. The first kappa shape index (κ1) is 15.1. The van der Waals surface area contributed by atoms with Gasteiger partial charge in [-0.1, -0.05) is 37.6 Å². The van der Waals surface area contributed by atoms with Crippen molar-refractivity contribution in [2.75, 3.05) is 12.3 Å². The number of amides is 1. The molecule has 0 radical (unpaired) electrons. The first-order chi connectivity index (χ1) is 8.36. The Hall–Kier alpha value is -0.960. The maximum Gasteiger partial charge on any atom is 0.220 e. The number of carbonyl (C=O) groups is 1. The zero-order valence-electron chi connectivity index (χ0n) is 11.7. The molecule has 1 aromatic rings. The van der Waals surface area contributed by atoms with Gasteiger partial charge in [0.05, 0.1) is 0 Å². The van der Waals surface area contributed by atoms with Gasteiger partial charge in [0.25, 0.3) is 0 Å². The number of hydrogen-bond acceptors (Lipinski definition) is 2. The second-order valence-electron chi connectivity index (χ2n) is 5.45. The molecule has 1 rings (SSSR count). The maximum absolute atomic E-state index is 11.5. The largest absolute Gasteiger partial charge is 0.355 e. The van der Waals surface area contributed by atoms with Gasteiger partial charge in [-0.25, -0.2) is 0 Å². The van der Waals surface area contributed by atoms with E-state index in [1.165, 1.54) is 16.7 Å². The van der Waals surface area contributed by atoms with Gasteiger partial charge >= 0.3 is 0 Å². The van der Waals surface area contributed by atoms with Crippen LogP contribution in [-0.2, 0) is 10.2 Å². The van der Waals surface area contributed by atoms with Gasteiger partial charge in [-0.15, -0.1) is 0 Å². The van der Waals surface area contributed by atoms with Gasteiger partial charge in [-0.3, -0.25) is 4.79 Å². The fourth-order valence-corrected chi connectivity index (χ4v) is 2.38. The predicted molar refractivity (Wildman–Crippen MR) is 80.4 cm³/mol. The van der Waals surface area contributed by atoms with Crippen molar-refractivity contribution in [2.45, 2.75) is 39.5 Å². The number of aryl methyl sites for hydroxylation is 2. The summed E-state index contributed by atoms with van der Waals surface area (Å²) in [5.41, 5.74) is 3.79. The number of thiol groups is 1. The predicted octanol–water partition coefficient (Wildman–Crippen LogP) is 3.02. The van der Waals surface area contributed by atoms with Crippen LogP contribution in [0.2, 0.25) is 0 Å². The minimum atomic E-state index is -0.0515. The molecule has 0 atom stereocenters. The molecule has 0 fully saturated rings. The highest BCUT2D eigenvalue weighted by Gasteiger charge is 2.22. The highest BCUT2D eigenvalue weighted by molar-refractivity contribution is 7.80. The van der Waals surface area contributed by atoms with E-state index >= 15 is 0 Å². The summed E-state index contributed by atoms with van der Waals surface area (Å²) >= 11 is 4.06. The fraction of sp³-hybridized carbons (Fsp3) is 0.533. The number of benzene rings is 1. The van der Waals surface area contributed by atoms with Crippen LogP contribution in [0.1, 0.15) is 37.0 Å². The van der Waals surface area contributed by atoms with Crippen LogP contribution >= 0.6 is 12.6 Å². The van der Waals surface area contributed by atoms with Crippen molar-refractivity contribution in [3.05, 3.63) is 34.9 Å². The molecule has 0 spiro atoms. The Kier molecular flexibility index (Phi) is 5.27. The standard InChI is InChI=1S/C15H23NOS/c1-11-5-6-13(12(2)9-11)15(3,4)10-16-14(17)7-8-18/h5-6,9,18H,7-8,10H2,1-4H3,(H,16,17). The summed E-state index contributed by atoms with van der Waals surface area (Å²) in [7, 11) is 0. The van der Waals surface area contributed by atoms with Crippen LogP contribution in [0.15, 0.2) is 18.2 Å². The van der Waals surface area contributed by atoms with E-state index in [-0.39, 0.29) is 11.3 Å². The Morgan fingerprint density at radius 2 is 2.00 bits per heavy atom. The highest BCUT2D eigenvalue weighted by atomic mass is 32.1. The van der Waals surface area contributed by atoms with E-state index in [4.69, 9.17) is 0 Å². The molecule has 0 saturated carbocycles. The Labute approximate surface area is 116 Å². The second kappa shape index (κ2) is 6.28. The number of hydrogen-bond donors (Lipinski definition) is 2. The van der Waals surface area contributed by atoms with Crippen LogP contribution in [0.25, 0.3) is 0 Å².